The minimum atomic E-state index is -0.324. The van der Waals surface area contributed by atoms with Gasteiger partial charge in [0.2, 0.25) is 17.7 Å². The molecule has 0 unspecified atom stereocenters. The summed E-state index contributed by atoms with van der Waals surface area (Å²) >= 11 is 0. The van der Waals surface area contributed by atoms with E-state index in [1.54, 1.807) is 11.1 Å². The summed E-state index contributed by atoms with van der Waals surface area (Å²) in [5.74, 6) is 1.01. The fourth-order valence-corrected chi connectivity index (χ4v) is 2.82. The number of hydrogen-bond acceptors (Lipinski definition) is 6. The quantitative estimate of drug-likeness (QED) is 0.706. The minimum Gasteiger partial charge on any atom is -0.439 e. The van der Waals surface area contributed by atoms with Crippen LogP contribution in [-0.4, -0.2) is 65.9 Å². The Bertz CT molecular complexity index is 749. The Morgan fingerprint density at radius 1 is 1.11 bits per heavy atom. The van der Waals surface area contributed by atoms with Crippen molar-refractivity contribution in [1.82, 2.24) is 20.1 Å². The number of piperazine rings is 1. The van der Waals surface area contributed by atoms with E-state index in [4.69, 9.17) is 10.2 Å². The molecule has 2 amide bonds. The number of nitrogens with one attached hydrogen (secondary N) is 1. The first kappa shape index (κ1) is 23.9. The van der Waals surface area contributed by atoms with E-state index in [0.717, 1.165) is 24.4 Å². The van der Waals surface area contributed by atoms with Gasteiger partial charge in [-0.15, -0.1) is 24.8 Å². The van der Waals surface area contributed by atoms with E-state index in [9.17, 15) is 9.59 Å². The minimum absolute atomic E-state index is 0. The predicted octanol–water partition coefficient (Wildman–Crippen LogP) is 0.904. The first-order chi connectivity index (χ1) is 12.7. The molecule has 0 saturated carbocycles. The molecule has 3 N–H and O–H groups in total. The maximum atomic E-state index is 12.1. The zero-order valence-corrected chi connectivity index (χ0v) is 17.0. The zero-order valence-electron chi connectivity index (χ0n) is 15.4. The first-order valence-electron chi connectivity index (χ1n) is 8.62. The summed E-state index contributed by atoms with van der Waals surface area (Å²) in [4.78, 5) is 31.5. The highest BCUT2D eigenvalue weighted by molar-refractivity contribution is 5.86. The first-order valence-corrected chi connectivity index (χ1v) is 8.62. The van der Waals surface area contributed by atoms with Gasteiger partial charge in [-0.2, -0.15) is 0 Å². The molecule has 1 fully saturated rings. The molecule has 0 aliphatic carbocycles. The van der Waals surface area contributed by atoms with Gasteiger partial charge in [0.25, 0.3) is 0 Å². The van der Waals surface area contributed by atoms with Gasteiger partial charge in [0.15, 0.2) is 5.76 Å². The smallest absolute Gasteiger partial charge is 0.242 e. The van der Waals surface area contributed by atoms with Crippen molar-refractivity contribution < 1.29 is 14.0 Å². The number of carbonyl (C=O) groups excluding carboxylic acids is 2. The Morgan fingerprint density at radius 2 is 1.79 bits per heavy atom. The van der Waals surface area contributed by atoms with Gasteiger partial charge in [0, 0.05) is 31.7 Å². The monoisotopic (exact) mass is 429 g/mol. The average Bonchev–Trinajstić information content (AvgIpc) is 3.15. The largest absolute Gasteiger partial charge is 0.439 e. The Morgan fingerprint density at radius 3 is 2.43 bits per heavy atom. The number of hydrogen-bond donors (Lipinski definition) is 2. The zero-order chi connectivity index (χ0) is 18.4. The molecule has 28 heavy (non-hydrogen) atoms. The second kappa shape index (κ2) is 11.7. The lowest BCUT2D eigenvalue weighted by molar-refractivity contribution is -0.134. The van der Waals surface area contributed by atoms with E-state index < -0.39 is 0 Å². The number of nitrogens with zero attached hydrogens (tertiary/aromatic N) is 3. The van der Waals surface area contributed by atoms with Gasteiger partial charge in [-0.25, -0.2) is 4.98 Å². The van der Waals surface area contributed by atoms with Crippen molar-refractivity contribution in [3.8, 4) is 11.3 Å². The highest BCUT2D eigenvalue weighted by Gasteiger charge is 2.22. The number of halogens is 2. The van der Waals surface area contributed by atoms with Crippen LogP contribution >= 0.6 is 24.8 Å². The van der Waals surface area contributed by atoms with Gasteiger partial charge in [-0.1, -0.05) is 30.3 Å². The average molecular weight is 430 g/mol. The fourth-order valence-electron chi connectivity index (χ4n) is 2.82. The van der Waals surface area contributed by atoms with Crippen molar-refractivity contribution in [2.45, 2.75) is 6.54 Å². The molecule has 2 heterocycles. The highest BCUT2D eigenvalue weighted by Crippen LogP contribution is 2.20. The van der Waals surface area contributed by atoms with Crippen molar-refractivity contribution >= 4 is 36.6 Å². The molecule has 0 atom stereocenters. The van der Waals surface area contributed by atoms with Crippen LogP contribution in [-0.2, 0) is 16.1 Å². The maximum Gasteiger partial charge on any atom is 0.242 e. The van der Waals surface area contributed by atoms with E-state index in [1.807, 2.05) is 30.3 Å². The van der Waals surface area contributed by atoms with Crippen LogP contribution in [0, 0.1) is 0 Å². The predicted molar refractivity (Wildman–Crippen MR) is 110 cm³/mol. The molecule has 154 valence electrons. The Labute approximate surface area is 176 Å². The second-order valence-corrected chi connectivity index (χ2v) is 6.12. The van der Waals surface area contributed by atoms with E-state index in [-0.39, 0.29) is 49.7 Å². The summed E-state index contributed by atoms with van der Waals surface area (Å²) in [6, 6.07) is 9.85. The third-order valence-electron chi connectivity index (χ3n) is 4.32. The number of benzene rings is 1. The van der Waals surface area contributed by atoms with Crippen LogP contribution in [0.25, 0.3) is 11.3 Å². The number of carbonyl (C=O) groups is 2. The standard InChI is InChI=1S/C18H23N5O3.2ClH/c19-10-16(24)20-12-18(25)23-8-6-22(7-9-23)13-17-21-11-15(26-17)14-4-2-1-3-5-14;;/h1-5,11H,6-10,12-13,19H2,(H,20,24);2*1H. The number of nitrogens with two attached hydrogens (primary N) is 1. The SMILES string of the molecule is Cl.Cl.NCC(=O)NCC(=O)N1CCN(Cc2ncc(-c3ccccc3)o2)CC1. The van der Waals surface area contributed by atoms with Gasteiger partial charge in [0.1, 0.15) is 0 Å². The Kier molecular flexibility index (Phi) is 9.95. The maximum absolute atomic E-state index is 12.1. The Balaban J connectivity index is 0.00000196. The van der Waals surface area contributed by atoms with Crippen molar-refractivity contribution in [2.75, 3.05) is 39.3 Å². The van der Waals surface area contributed by atoms with E-state index in [0.29, 0.717) is 25.5 Å². The summed E-state index contributed by atoms with van der Waals surface area (Å²) in [5.41, 5.74) is 6.21. The van der Waals surface area contributed by atoms with Crippen LogP contribution in [0.2, 0.25) is 0 Å². The number of amides is 2. The lowest BCUT2D eigenvalue weighted by atomic mass is 10.2. The lowest BCUT2D eigenvalue weighted by Crippen LogP contribution is -2.51. The van der Waals surface area contributed by atoms with Crippen LogP contribution in [0.3, 0.4) is 0 Å². The van der Waals surface area contributed by atoms with Crippen LogP contribution in [0.4, 0.5) is 0 Å². The number of oxazole rings is 1. The van der Waals surface area contributed by atoms with E-state index in [1.165, 1.54) is 0 Å². The highest BCUT2D eigenvalue weighted by atomic mass is 35.5. The van der Waals surface area contributed by atoms with Crippen LogP contribution in [0.5, 0.6) is 0 Å². The molecule has 1 aromatic carbocycles. The van der Waals surface area contributed by atoms with Gasteiger partial charge in [0.05, 0.1) is 25.8 Å². The molecule has 0 bridgehead atoms. The molecule has 0 spiro atoms. The van der Waals surface area contributed by atoms with E-state index in [2.05, 4.69) is 15.2 Å². The molecular weight excluding hydrogens is 405 g/mol. The molecule has 1 aliphatic heterocycles. The Hall–Kier alpha value is -2.13. The molecule has 1 aliphatic rings. The molecule has 1 saturated heterocycles. The molecule has 1 aromatic heterocycles. The second-order valence-electron chi connectivity index (χ2n) is 6.12. The third kappa shape index (κ3) is 6.49. The third-order valence-corrected chi connectivity index (χ3v) is 4.32. The van der Waals surface area contributed by atoms with Gasteiger partial charge >= 0.3 is 0 Å². The number of rotatable bonds is 6. The molecule has 3 rings (SSSR count). The van der Waals surface area contributed by atoms with E-state index >= 15 is 0 Å². The summed E-state index contributed by atoms with van der Waals surface area (Å²) in [6.45, 7) is 3.20. The van der Waals surface area contributed by atoms with Crippen molar-refractivity contribution in [3.05, 3.63) is 42.4 Å². The van der Waals surface area contributed by atoms with Crippen molar-refractivity contribution in [1.29, 1.82) is 0 Å². The van der Waals surface area contributed by atoms with Crippen molar-refractivity contribution in [2.24, 2.45) is 5.73 Å². The fraction of sp³-hybridized carbons (Fsp3) is 0.389. The summed E-state index contributed by atoms with van der Waals surface area (Å²) in [7, 11) is 0. The van der Waals surface area contributed by atoms with Crippen LogP contribution < -0.4 is 11.1 Å². The molecular formula is C18H25Cl2N5O3. The van der Waals surface area contributed by atoms with Crippen LogP contribution in [0.1, 0.15) is 5.89 Å². The summed E-state index contributed by atoms with van der Waals surface area (Å²) < 4.78 is 5.83. The number of aromatic nitrogens is 1. The van der Waals surface area contributed by atoms with Gasteiger partial charge < -0.3 is 20.4 Å². The summed E-state index contributed by atoms with van der Waals surface area (Å²) in [5, 5.41) is 2.51. The van der Waals surface area contributed by atoms with Crippen LogP contribution in [0.15, 0.2) is 40.9 Å². The molecule has 2 aromatic rings. The van der Waals surface area contributed by atoms with Gasteiger partial charge in [-0.05, 0) is 0 Å². The lowest BCUT2D eigenvalue weighted by Gasteiger charge is -2.34. The molecule has 8 nitrogen and oxygen atoms in total. The normalized spacial score (nSPS) is 14.0. The van der Waals surface area contributed by atoms with Crippen molar-refractivity contribution in [3.63, 3.8) is 0 Å². The molecule has 10 heteroatoms. The topological polar surface area (TPSA) is 105 Å². The summed E-state index contributed by atoms with van der Waals surface area (Å²) in [6.07, 6.45) is 1.74. The molecule has 0 radical (unpaired) electrons. The van der Waals surface area contributed by atoms with Gasteiger partial charge in [-0.3, -0.25) is 14.5 Å².